The summed E-state index contributed by atoms with van der Waals surface area (Å²) in [5.74, 6) is 30.5. The molecule has 356 valence electrons. The van der Waals surface area contributed by atoms with Gasteiger partial charge in [-0.05, 0) is 123 Å². The molecule has 5 rings (SSSR count). The van der Waals surface area contributed by atoms with E-state index in [0.29, 0.717) is 23.7 Å². The zero-order valence-electron chi connectivity index (χ0n) is 43.8. The molecule has 0 atom stereocenters. The van der Waals surface area contributed by atoms with Crippen LogP contribution in [0, 0.1) is 155 Å². The summed E-state index contributed by atoms with van der Waals surface area (Å²) < 4.78 is 0. The van der Waals surface area contributed by atoms with Gasteiger partial charge < -0.3 is 41.2 Å². The standard InChI is InChI=1S/4C12H19N2.C8H8.2Ce/c4*1-9(2)13-12(14-10(3)4)8-7-11-5-6-11;1-2-4-6-8-7-5-3-1;;/h4*9-11H,5-6H2,1-4H3;1-8H;;/q4*-1;-2;2*+3. The Morgan fingerprint density at radius 2 is 0.561 bits per heavy atom. The molecule has 66 heavy (non-hydrogen) atoms. The van der Waals surface area contributed by atoms with Crippen LogP contribution in [0.3, 0.4) is 0 Å². The van der Waals surface area contributed by atoms with E-state index in [1.165, 1.54) is 51.4 Å². The molecule has 0 saturated heterocycles. The van der Waals surface area contributed by atoms with Crippen LogP contribution in [0.5, 0.6) is 0 Å². The minimum absolute atomic E-state index is 0. The molecule has 4 saturated carbocycles. The Balaban J connectivity index is 0. The van der Waals surface area contributed by atoms with Gasteiger partial charge in [0.15, 0.2) is 0 Å². The number of aliphatic imine (C=N–C) groups is 4. The second-order valence-electron chi connectivity index (χ2n) is 18.8. The maximum Gasteiger partial charge on any atom is 3.00 e. The largest absolute Gasteiger partial charge is 3.00 e. The summed E-state index contributed by atoms with van der Waals surface area (Å²) >= 11 is 0. The Morgan fingerprint density at radius 1 is 0.364 bits per heavy atom. The summed E-state index contributed by atoms with van der Waals surface area (Å²) in [6.45, 7) is 32.8. The molecule has 0 unspecified atom stereocenters. The van der Waals surface area contributed by atoms with Crippen molar-refractivity contribution in [1.29, 1.82) is 0 Å². The van der Waals surface area contributed by atoms with E-state index in [2.05, 4.69) is 199 Å². The quantitative estimate of drug-likeness (QED) is 0.107. The Kier molecular flexibility index (Phi) is 39.6. The van der Waals surface area contributed by atoms with Crippen LogP contribution in [0.4, 0.5) is 0 Å². The number of rotatable bonds is 8. The molecule has 0 bridgehead atoms. The second kappa shape index (κ2) is 39.7. The minimum Gasteiger partial charge on any atom is -0.456 e. The first-order valence-electron chi connectivity index (χ1n) is 24.2. The van der Waals surface area contributed by atoms with Crippen LogP contribution >= 0.6 is 0 Å². The predicted octanol–water partition coefficient (Wildman–Crippen LogP) is 14.2. The van der Waals surface area contributed by atoms with Gasteiger partial charge in [-0.15, -0.1) is 0 Å². The summed E-state index contributed by atoms with van der Waals surface area (Å²) in [4.78, 5) is 17.6. The second-order valence-corrected chi connectivity index (χ2v) is 18.8. The van der Waals surface area contributed by atoms with Gasteiger partial charge in [-0.1, -0.05) is 158 Å². The first-order valence-corrected chi connectivity index (χ1v) is 24.2. The predicted molar refractivity (Wildman–Crippen MR) is 282 cm³/mol. The van der Waals surface area contributed by atoms with Crippen LogP contribution in [0.2, 0.25) is 0 Å². The van der Waals surface area contributed by atoms with Gasteiger partial charge in [0.25, 0.3) is 0 Å². The molecule has 0 N–H and O–H groups in total. The maximum absolute atomic E-state index is 4.39. The fourth-order valence-corrected chi connectivity index (χ4v) is 4.44. The van der Waals surface area contributed by atoms with Crippen LogP contribution in [-0.4, -0.2) is 71.7 Å². The molecule has 8 nitrogen and oxygen atoms in total. The third-order valence-electron chi connectivity index (χ3n) is 7.79. The molecule has 0 aromatic heterocycles. The van der Waals surface area contributed by atoms with Crippen molar-refractivity contribution in [1.82, 2.24) is 0 Å². The van der Waals surface area contributed by atoms with Crippen molar-refractivity contribution < 1.29 is 83.5 Å². The molecule has 4 aliphatic carbocycles. The van der Waals surface area contributed by atoms with E-state index in [1.807, 2.05) is 48.5 Å². The van der Waals surface area contributed by atoms with Crippen molar-refractivity contribution in [2.75, 3.05) is 0 Å². The molecule has 4 fully saturated rings. The Morgan fingerprint density at radius 3 is 0.712 bits per heavy atom. The minimum atomic E-state index is 0. The van der Waals surface area contributed by atoms with Crippen molar-refractivity contribution in [3.05, 3.63) is 69.8 Å². The SMILES string of the molecule is CC(C)N=C(C#CC1CC1)[N-]C(C)C.CC(C)N=C(C#CC1CC1)[N-]C(C)C.CC(C)N=C(C#CC1CC1)[N-]C(C)C.CC(C)N=C(C#CC1CC1)[N-]C(C)C.[Ce+3].[Ce+3].c1cc[cH-]cc[cH-]c1. The number of amidine groups is 4. The Hall–Kier alpha value is -2.17. The van der Waals surface area contributed by atoms with E-state index in [0.717, 1.165) is 23.3 Å². The number of nitrogens with zero attached hydrogens (tertiary/aromatic N) is 8. The summed E-state index contributed by atoms with van der Waals surface area (Å²) in [6, 6.07) is 18.2. The van der Waals surface area contributed by atoms with Crippen molar-refractivity contribution in [2.45, 2.75) is 210 Å². The van der Waals surface area contributed by atoms with Crippen LogP contribution in [0.25, 0.3) is 21.3 Å². The fourth-order valence-electron chi connectivity index (χ4n) is 4.44. The maximum atomic E-state index is 4.39. The van der Waals surface area contributed by atoms with Gasteiger partial charge in [-0.3, -0.25) is 12.1 Å². The molecule has 4 aliphatic rings. The number of hydrogen-bond donors (Lipinski definition) is 0. The molecular formula is C56H84Ce2N8. The van der Waals surface area contributed by atoms with Gasteiger partial charge in [0.1, 0.15) is 0 Å². The van der Waals surface area contributed by atoms with Gasteiger partial charge in [0, 0.05) is 23.7 Å². The zero-order valence-corrected chi connectivity index (χ0v) is 50.1. The van der Waals surface area contributed by atoms with E-state index in [1.54, 1.807) is 0 Å². The van der Waals surface area contributed by atoms with Crippen molar-refractivity contribution in [3.63, 3.8) is 0 Å². The van der Waals surface area contributed by atoms with Gasteiger partial charge in [0.2, 0.25) is 0 Å². The third kappa shape index (κ3) is 46.9. The molecule has 1 aromatic rings. The molecule has 0 aliphatic heterocycles. The molecule has 0 amide bonds. The molecule has 10 heteroatoms. The van der Waals surface area contributed by atoms with Crippen LogP contribution in [-0.2, 0) is 0 Å². The van der Waals surface area contributed by atoms with Crippen molar-refractivity contribution in [3.8, 4) is 47.4 Å². The normalized spacial score (nSPS) is 15.3. The smallest absolute Gasteiger partial charge is 0.456 e. The van der Waals surface area contributed by atoms with E-state index >= 15 is 0 Å². The first kappa shape index (κ1) is 65.9. The van der Waals surface area contributed by atoms with Gasteiger partial charge in [0.05, 0.1) is 0 Å². The zero-order chi connectivity index (χ0) is 47.9. The molecule has 2 radical (unpaired) electrons. The fraction of sp³-hybridized carbons (Fsp3) is 0.643. The molecular weight excluding hydrogens is 1060 g/mol. The van der Waals surface area contributed by atoms with Crippen molar-refractivity contribution >= 4 is 23.3 Å². The average Bonchev–Trinajstić information content (AvgIpc) is 3.96. The molecule has 1 aromatic carbocycles. The summed E-state index contributed by atoms with van der Waals surface area (Å²) in [5.41, 5.74) is 0. The van der Waals surface area contributed by atoms with Gasteiger partial charge in [-0.2, -0.15) is 12.1 Å². The monoisotopic (exact) mass is 1150 g/mol. The molecule has 0 heterocycles. The number of hydrogen-bond acceptors (Lipinski definition) is 4. The van der Waals surface area contributed by atoms with Crippen LogP contribution < -0.4 is 0 Å². The first-order chi connectivity index (χ1) is 30.3. The Labute approximate surface area is 473 Å². The van der Waals surface area contributed by atoms with E-state index in [4.69, 9.17) is 0 Å². The third-order valence-corrected chi connectivity index (χ3v) is 7.79. The Bertz CT molecular complexity index is 1570. The summed E-state index contributed by atoms with van der Waals surface area (Å²) in [7, 11) is 0. The van der Waals surface area contributed by atoms with Crippen molar-refractivity contribution in [2.24, 2.45) is 43.6 Å². The van der Waals surface area contributed by atoms with Crippen LogP contribution in [0.1, 0.15) is 162 Å². The summed E-state index contributed by atoms with van der Waals surface area (Å²) in [5, 5.41) is 17.6. The van der Waals surface area contributed by atoms with E-state index in [9.17, 15) is 0 Å². The molecule has 0 spiro atoms. The van der Waals surface area contributed by atoms with E-state index in [-0.39, 0.29) is 132 Å². The average molecular weight is 1150 g/mol. The van der Waals surface area contributed by atoms with Crippen LogP contribution in [0.15, 0.2) is 68.5 Å². The van der Waals surface area contributed by atoms with Gasteiger partial charge >= 0.3 is 83.5 Å². The van der Waals surface area contributed by atoms with E-state index < -0.39 is 0 Å². The summed E-state index contributed by atoms with van der Waals surface area (Å²) in [6.07, 6.45) is 10.0. The topological polar surface area (TPSA) is 106 Å². The van der Waals surface area contributed by atoms with Gasteiger partial charge in [-0.25, -0.2) is 24.3 Å².